The highest BCUT2D eigenvalue weighted by Crippen LogP contribution is 1.94. The molecule has 0 amide bonds. The van der Waals surface area contributed by atoms with Gasteiger partial charge in [-0.05, 0) is 26.4 Å². The quantitative estimate of drug-likeness (QED) is 0.514. The second kappa shape index (κ2) is 10.0. The summed E-state index contributed by atoms with van der Waals surface area (Å²) < 4.78 is 5.51. The minimum Gasteiger partial charge on any atom is -0.380 e. The number of hydrogen-bond donors (Lipinski definition) is 0. The van der Waals surface area contributed by atoms with E-state index in [1.165, 1.54) is 32.2 Å². The maximum absolute atomic E-state index is 5.51. The smallest absolute Gasteiger partial charge is 0.0593 e. The molecule has 0 aliphatic heterocycles. The summed E-state index contributed by atoms with van der Waals surface area (Å²) in [6.07, 6.45) is 5.02. The first-order valence-corrected chi connectivity index (χ1v) is 5.57. The van der Waals surface area contributed by atoms with E-state index < -0.39 is 0 Å². The summed E-state index contributed by atoms with van der Waals surface area (Å²) in [6, 6.07) is 0. The van der Waals surface area contributed by atoms with E-state index in [9.17, 15) is 0 Å². The van der Waals surface area contributed by atoms with Crippen molar-refractivity contribution in [2.24, 2.45) is 0 Å². The van der Waals surface area contributed by atoms with Crippen molar-refractivity contribution in [3.63, 3.8) is 0 Å². The summed E-state index contributed by atoms with van der Waals surface area (Å²) in [5, 5.41) is 0. The Kier molecular flexibility index (Phi) is 9.94. The highest BCUT2D eigenvalue weighted by Gasteiger charge is 1.95. The SMILES string of the molecule is CCCCCOCCN(C)CCC. The number of ether oxygens (including phenoxy) is 1. The van der Waals surface area contributed by atoms with Gasteiger partial charge in [0.2, 0.25) is 0 Å². The first-order valence-electron chi connectivity index (χ1n) is 5.57. The standard InChI is InChI=1S/C11H25NO/c1-4-6-7-10-13-11-9-12(3)8-5-2/h4-11H2,1-3H3. The van der Waals surface area contributed by atoms with Crippen molar-refractivity contribution in [1.82, 2.24) is 4.90 Å². The van der Waals surface area contributed by atoms with Crippen LogP contribution in [0.4, 0.5) is 0 Å². The molecule has 0 aromatic rings. The van der Waals surface area contributed by atoms with Crippen LogP contribution in [0.3, 0.4) is 0 Å². The zero-order chi connectivity index (χ0) is 9.94. The van der Waals surface area contributed by atoms with E-state index in [1.807, 2.05) is 0 Å². The molecular weight excluding hydrogens is 162 g/mol. The summed E-state index contributed by atoms with van der Waals surface area (Å²) in [5.74, 6) is 0. The van der Waals surface area contributed by atoms with E-state index in [0.717, 1.165) is 19.8 Å². The van der Waals surface area contributed by atoms with Crippen LogP contribution in [0.1, 0.15) is 39.5 Å². The molecule has 80 valence electrons. The molecule has 0 fully saturated rings. The summed E-state index contributed by atoms with van der Waals surface area (Å²) >= 11 is 0. The Morgan fingerprint density at radius 1 is 0.923 bits per heavy atom. The summed E-state index contributed by atoms with van der Waals surface area (Å²) in [7, 11) is 2.15. The number of unbranched alkanes of at least 4 members (excludes halogenated alkanes) is 2. The van der Waals surface area contributed by atoms with Gasteiger partial charge >= 0.3 is 0 Å². The summed E-state index contributed by atoms with van der Waals surface area (Å²) in [6.45, 7) is 8.50. The van der Waals surface area contributed by atoms with Gasteiger partial charge in [-0.25, -0.2) is 0 Å². The number of rotatable bonds is 9. The highest BCUT2D eigenvalue weighted by atomic mass is 16.5. The van der Waals surface area contributed by atoms with Crippen LogP contribution >= 0.6 is 0 Å². The van der Waals surface area contributed by atoms with Gasteiger partial charge in [-0.3, -0.25) is 0 Å². The van der Waals surface area contributed by atoms with Gasteiger partial charge in [0, 0.05) is 13.2 Å². The van der Waals surface area contributed by atoms with Crippen molar-refractivity contribution in [2.75, 3.05) is 33.4 Å². The van der Waals surface area contributed by atoms with E-state index >= 15 is 0 Å². The predicted molar refractivity (Wildman–Crippen MR) is 58.1 cm³/mol. The van der Waals surface area contributed by atoms with Crippen LogP contribution in [0.25, 0.3) is 0 Å². The second-order valence-corrected chi connectivity index (χ2v) is 3.62. The first kappa shape index (κ1) is 12.9. The largest absolute Gasteiger partial charge is 0.380 e. The Morgan fingerprint density at radius 3 is 2.31 bits per heavy atom. The molecule has 0 atom stereocenters. The van der Waals surface area contributed by atoms with Crippen LogP contribution in [0, 0.1) is 0 Å². The predicted octanol–water partition coefficient (Wildman–Crippen LogP) is 2.54. The number of hydrogen-bond acceptors (Lipinski definition) is 2. The molecule has 0 saturated carbocycles. The topological polar surface area (TPSA) is 12.5 Å². The van der Waals surface area contributed by atoms with Crippen LogP contribution in [-0.4, -0.2) is 38.3 Å². The van der Waals surface area contributed by atoms with E-state index in [1.54, 1.807) is 0 Å². The normalized spacial score (nSPS) is 11.1. The first-order chi connectivity index (χ1) is 6.31. The Morgan fingerprint density at radius 2 is 1.69 bits per heavy atom. The number of likely N-dealkylation sites (N-methyl/N-ethyl adjacent to an activating group) is 1. The number of nitrogens with zero attached hydrogens (tertiary/aromatic N) is 1. The van der Waals surface area contributed by atoms with Crippen molar-refractivity contribution in [3.8, 4) is 0 Å². The Balaban J connectivity index is 2.97. The van der Waals surface area contributed by atoms with Gasteiger partial charge in [-0.1, -0.05) is 26.7 Å². The molecule has 0 spiro atoms. The van der Waals surface area contributed by atoms with Gasteiger partial charge in [0.1, 0.15) is 0 Å². The van der Waals surface area contributed by atoms with Gasteiger partial charge in [0.25, 0.3) is 0 Å². The van der Waals surface area contributed by atoms with Gasteiger partial charge in [-0.2, -0.15) is 0 Å². The molecule has 0 aromatic carbocycles. The van der Waals surface area contributed by atoms with Crippen molar-refractivity contribution >= 4 is 0 Å². The van der Waals surface area contributed by atoms with Crippen LogP contribution in [0.15, 0.2) is 0 Å². The molecule has 0 unspecified atom stereocenters. The molecule has 0 aliphatic carbocycles. The van der Waals surface area contributed by atoms with E-state index in [0.29, 0.717) is 0 Å². The lowest BCUT2D eigenvalue weighted by molar-refractivity contribution is 0.108. The monoisotopic (exact) mass is 187 g/mol. The molecule has 0 radical (unpaired) electrons. The van der Waals surface area contributed by atoms with Gasteiger partial charge in [-0.15, -0.1) is 0 Å². The third-order valence-corrected chi connectivity index (χ3v) is 2.11. The lowest BCUT2D eigenvalue weighted by atomic mass is 10.3. The van der Waals surface area contributed by atoms with E-state index in [2.05, 4.69) is 25.8 Å². The molecule has 0 rings (SSSR count). The van der Waals surface area contributed by atoms with Crippen molar-refractivity contribution in [3.05, 3.63) is 0 Å². The van der Waals surface area contributed by atoms with Crippen molar-refractivity contribution < 1.29 is 4.74 Å². The average Bonchev–Trinajstić information content (AvgIpc) is 2.11. The molecule has 0 aromatic heterocycles. The Labute approximate surface area is 83.3 Å². The van der Waals surface area contributed by atoms with Gasteiger partial charge in [0.15, 0.2) is 0 Å². The van der Waals surface area contributed by atoms with Gasteiger partial charge < -0.3 is 9.64 Å². The van der Waals surface area contributed by atoms with Crippen LogP contribution in [-0.2, 0) is 4.74 Å². The highest BCUT2D eigenvalue weighted by molar-refractivity contribution is 4.48. The van der Waals surface area contributed by atoms with Crippen LogP contribution < -0.4 is 0 Å². The minimum absolute atomic E-state index is 0.889. The second-order valence-electron chi connectivity index (χ2n) is 3.62. The molecular formula is C11H25NO. The minimum atomic E-state index is 0.889. The fraction of sp³-hybridized carbons (Fsp3) is 1.00. The molecule has 0 heterocycles. The average molecular weight is 187 g/mol. The third-order valence-electron chi connectivity index (χ3n) is 2.11. The molecule has 0 saturated heterocycles. The maximum Gasteiger partial charge on any atom is 0.0593 e. The van der Waals surface area contributed by atoms with Crippen molar-refractivity contribution in [2.45, 2.75) is 39.5 Å². The third kappa shape index (κ3) is 9.84. The zero-order valence-electron chi connectivity index (χ0n) is 9.51. The summed E-state index contributed by atoms with van der Waals surface area (Å²) in [4.78, 5) is 2.32. The molecule has 0 N–H and O–H groups in total. The lowest BCUT2D eigenvalue weighted by Gasteiger charge is -2.14. The fourth-order valence-electron chi connectivity index (χ4n) is 1.27. The Bertz CT molecular complexity index is 96.1. The molecule has 2 heteroatoms. The molecule has 0 bridgehead atoms. The van der Waals surface area contributed by atoms with Crippen molar-refractivity contribution in [1.29, 1.82) is 0 Å². The fourth-order valence-corrected chi connectivity index (χ4v) is 1.27. The van der Waals surface area contributed by atoms with Gasteiger partial charge in [0.05, 0.1) is 6.61 Å². The summed E-state index contributed by atoms with van der Waals surface area (Å²) in [5.41, 5.74) is 0. The Hall–Kier alpha value is -0.0800. The molecule has 0 aliphatic rings. The van der Waals surface area contributed by atoms with Crippen LogP contribution in [0.2, 0.25) is 0 Å². The van der Waals surface area contributed by atoms with E-state index in [4.69, 9.17) is 4.74 Å². The molecule has 13 heavy (non-hydrogen) atoms. The molecule has 2 nitrogen and oxygen atoms in total. The maximum atomic E-state index is 5.51. The lowest BCUT2D eigenvalue weighted by Crippen LogP contribution is -2.24. The van der Waals surface area contributed by atoms with Crippen LogP contribution in [0.5, 0.6) is 0 Å². The zero-order valence-corrected chi connectivity index (χ0v) is 9.51. The van der Waals surface area contributed by atoms with E-state index in [-0.39, 0.29) is 0 Å².